The second kappa shape index (κ2) is 6.74. The van der Waals surface area contributed by atoms with Crippen molar-refractivity contribution in [3.8, 4) is 0 Å². The van der Waals surface area contributed by atoms with Gasteiger partial charge >= 0.3 is 0 Å². The van der Waals surface area contributed by atoms with Gasteiger partial charge in [-0.2, -0.15) is 0 Å². The van der Waals surface area contributed by atoms with E-state index in [1.54, 1.807) is 12.5 Å². The minimum Gasteiger partial charge on any atom is -0.345 e. The predicted octanol–water partition coefficient (Wildman–Crippen LogP) is 2.22. The van der Waals surface area contributed by atoms with Crippen LogP contribution in [0.2, 0.25) is 0 Å². The first-order valence-electron chi connectivity index (χ1n) is 9.62. The van der Waals surface area contributed by atoms with Crippen molar-refractivity contribution in [1.82, 2.24) is 24.8 Å². The first-order chi connectivity index (χ1) is 13.7. The van der Waals surface area contributed by atoms with E-state index in [-0.39, 0.29) is 23.8 Å². The first-order valence-corrected chi connectivity index (χ1v) is 9.62. The summed E-state index contributed by atoms with van der Waals surface area (Å²) in [6.07, 6.45) is 5.13. The van der Waals surface area contributed by atoms with Crippen molar-refractivity contribution in [3.63, 3.8) is 0 Å². The van der Waals surface area contributed by atoms with Crippen molar-refractivity contribution in [1.29, 1.82) is 0 Å². The van der Waals surface area contributed by atoms with E-state index in [0.717, 1.165) is 29.6 Å². The van der Waals surface area contributed by atoms with Crippen LogP contribution in [0.25, 0.3) is 11.0 Å². The number of amides is 2. The van der Waals surface area contributed by atoms with Crippen LogP contribution in [0, 0.1) is 5.92 Å². The van der Waals surface area contributed by atoms with Crippen LogP contribution in [-0.2, 0) is 11.3 Å². The molecule has 2 aromatic heterocycles. The third-order valence-electron chi connectivity index (χ3n) is 5.81. The lowest BCUT2D eigenvalue weighted by Crippen LogP contribution is -2.47. The fourth-order valence-corrected chi connectivity index (χ4v) is 4.33. The average Bonchev–Trinajstić information content (AvgIpc) is 3.03. The van der Waals surface area contributed by atoms with Gasteiger partial charge in [-0.05, 0) is 43.2 Å². The fourth-order valence-electron chi connectivity index (χ4n) is 4.33. The summed E-state index contributed by atoms with van der Waals surface area (Å²) in [7, 11) is 0. The number of nitrogens with zero attached hydrogens (tertiary/aromatic N) is 4. The minimum atomic E-state index is -0.137. The molecule has 0 spiro atoms. The second-order valence-corrected chi connectivity index (χ2v) is 7.56. The molecule has 2 bridgehead atoms. The van der Waals surface area contributed by atoms with Gasteiger partial charge in [0, 0.05) is 30.9 Å². The van der Waals surface area contributed by atoms with Crippen molar-refractivity contribution in [3.05, 3.63) is 60.2 Å². The summed E-state index contributed by atoms with van der Waals surface area (Å²) in [5.41, 5.74) is 3.19. The minimum absolute atomic E-state index is 0.0270. The van der Waals surface area contributed by atoms with Gasteiger partial charge in [0.25, 0.3) is 5.91 Å². The van der Waals surface area contributed by atoms with Gasteiger partial charge in [0.2, 0.25) is 5.91 Å². The number of imidazole rings is 1. The Kier molecular flexibility index (Phi) is 4.07. The summed E-state index contributed by atoms with van der Waals surface area (Å²) in [5, 5.41) is 0. The molecule has 3 fully saturated rings. The zero-order chi connectivity index (χ0) is 19.1. The normalized spacial score (nSPS) is 21.9. The summed E-state index contributed by atoms with van der Waals surface area (Å²) < 4.78 is 0. The molecule has 0 saturated carbocycles. The third-order valence-corrected chi connectivity index (χ3v) is 5.81. The zero-order valence-corrected chi connectivity index (χ0v) is 15.4. The molecule has 2 atom stereocenters. The number of aromatic amines is 1. The smallest absolute Gasteiger partial charge is 0.254 e. The number of fused-ring (bicyclic) bond motifs is 5. The van der Waals surface area contributed by atoms with E-state index in [0.29, 0.717) is 25.2 Å². The maximum absolute atomic E-state index is 13.2. The molecule has 3 saturated heterocycles. The van der Waals surface area contributed by atoms with Gasteiger partial charge in [0.15, 0.2) is 0 Å². The van der Waals surface area contributed by atoms with Gasteiger partial charge in [-0.1, -0.05) is 6.07 Å². The highest BCUT2D eigenvalue weighted by Crippen LogP contribution is 2.31. The van der Waals surface area contributed by atoms with Crippen molar-refractivity contribution < 1.29 is 9.59 Å². The van der Waals surface area contributed by atoms with Gasteiger partial charge in [-0.25, -0.2) is 4.98 Å². The fraction of sp³-hybridized carbons (Fsp3) is 0.333. The number of nitrogens with one attached hydrogen (secondary N) is 1. The lowest BCUT2D eigenvalue weighted by molar-refractivity contribution is -0.140. The number of hydrogen-bond donors (Lipinski definition) is 1. The molecule has 0 radical (unpaired) electrons. The van der Waals surface area contributed by atoms with Gasteiger partial charge in [-0.15, -0.1) is 0 Å². The molecule has 3 aliphatic heterocycles. The molecule has 1 N–H and O–H groups in total. The Morgan fingerprint density at radius 2 is 2.07 bits per heavy atom. The van der Waals surface area contributed by atoms with Crippen LogP contribution < -0.4 is 0 Å². The SMILES string of the molecule is O=C(c1ccc2nc[nH]c2c1)N1C[C@@H]2CC[C@H](C1)N(Cc1ccccn1)C2=O. The first kappa shape index (κ1) is 16.9. The molecule has 0 aliphatic carbocycles. The Bertz CT molecular complexity index is 1030. The van der Waals surface area contributed by atoms with E-state index >= 15 is 0 Å². The molecule has 28 heavy (non-hydrogen) atoms. The molecule has 7 nitrogen and oxygen atoms in total. The quantitative estimate of drug-likeness (QED) is 0.761. The number of hydrogen-bond acceptors (Lipinski definition) is 4. The number of pyridine rings is 1. The Morgan fingerprint density at radius 3 is 2.93 bits per heavy atom. The Morgan fingerprint density at radius 1 is 1.14 bits per heavy atom. The van der Waals surface area contributed by atoms with E-state index in [1.165, 1.54) is 0 Å². The Balaban J connectivity index is 1.39. The number of aromatic nitrogens is 3. The molecule has 0 unspecified atom stereocenters. The van der Waals surface area contributed by atoms with E-state index in [4.69, 9.17) is 0 Å². The van der Waals surface area contributed by atoms with Crippen LogP contribution in [0.3, 0.4) is 0 Å². The highest BCUT2D eigenvalue weighted by molar-refractivity contribution is 5.98. The molecule has 2 amide bonds. The number of carbonyl (C=O) groups excluding carboxylic acids is 2. The summed E-state index contributed by atoms with van der Waals surface area (Å²) in [6.45, 7) is 1.55. The summed E-state index contributed by atoms with van der Waals surface area (Å²) in [4.78, 5) is 41.5. The van der Waals surface area contributed by atoms with E-state index < -0.39 is 0 Å². The highest BCUT2D eigenvalue weighted by atomic mass is 16.2. The predicted molar refractivity (Wildman–Crippen MR) is 103 cm³/mol. The van der Waals surface area contributed by atoms with Gasteiger partial charge < -0.3 is 14.8 Å². The average molecular weight is 375 g/mol. The van der Waals surface area contributed by atoms with Crippen LogP contribution in [0.5, 0.6) is 0 Å². The lowest BCUT2D eigenvalue weighted by atomic mass is 9.94. The second-order valence-electron chi connectivity index (χ2n) is 7.56. The maximum Gasteiger partial charge on any atom is 0.254 e. The highest BCUT2D eigenvalue weighted by Gasteiger charge is 2.42. The number of benzene rings is 1. The molecular weight excluding hydrogens is 354 g/mol. The molecule has 3 aromatic rings. The van der Waals surface area contributed by atoms with E-state index in [1.807, 2.05) is 46.2 Å². The van der Waals surface area contributed by atoms with Gasteiger partial charge in [0.1, 0.15) is 0 Å². The topological polar surface area (TPSA) is 82.2 Å². The third kappa shape index (κ3) is 2.93. The van der Waals surface area contributed by atoms with Crippen LogP contribution in [0.4, 0.5) is 0 Å². The number of rotatable bonds is 3. The van der Waals surface area contributed by atoms with Crippen molar-refractivity contribution in [2.45, 2.75) is 25.4 Å². The van der Waals surface area contributed by atoms with Crippen LogP contribution >= 0.6 is 0 Å². The summed E-state index contributed by atoms with van der Waals surface area (Å²) in [5.74, 6) is -0.0237. The van der Waals surface area contributed by atoms with Crippen molar-refractivity contribution in [2.75, 3.05) is 13.1 Å². The molecule has 1 aromatic carbocycles. The van der Waals surface area contributed by atoms with Crippen LogP contribution in [0.1, 0.15) is 28.9 Å². The van der Waals surface area contributed by atoms with E-state index in [2.05, 4.69) is 15.0 Å². The summed E-state index contributed by atoms with van der Waals surface area (Å²) in [6, 6.07) is 11.3. The standard InChI is InChI=1S/C21H21N5O2/c27-20(14-5-7-18-19(9-14)24-13-23-18)25-10-15-4-6-17(12-25)26(21(15)28)11-16-3-1-2-8-22-16/h1-3,5,7-9,13,15,17H,4,6,10-12H2,(H,23,24)/t15-,17+/m0/s1. The van der Waals surface area contributed by atoms with E-state index in [9.17, 15) is 9.59 Å². The number of carbonyl (C=O) groups is 2. The largest absolute Gasteiger partial charge is 0.345 e. The molecule has 6 rings (SSSR count). The zero-order valence-electron chi connectivity index (χ0n) is 15.4. The molecule has 7 heteroatoms. The van der Waals surface area contributed by atoms with Crippen molar-refractivity contribution >= 4 is 22.8 Å². The lowest BCUT2D eigenvalue weighted by Gasteiger charge is -2.35. The molecule has 5 heterocycles. The van der Waals surface area contributed by atoms with Gasteiger partial charge in [-0.3, -0.25) is 14.6 Å². The monoisotopic (exact) mass is 375 g/mol. The van der Waals surface area contributed by atoms with Gasteiger partial charge in [0.05, 0.1) is 35.5 Å². The van der Waals surface area contributed by atoms with Crippen molar-refractivity contribution in [2.24, 2.45) is 5.92 Å². The Hall–Kier alpha value is -3.22. The maximum atomic E-state index is 13.2. The molecule has 3 aliphatic rings. The van der Waals surface area contributed by atoms with Crippen LogP contribution in [0.15, 0.2) is 48.9 Å². The molecule has 142 valence electrons. The molecular formula is C21H21N5O2. The number of H-pyrrole nitrogens is 1. The summed E-state index contributed by atoms with van der Waals surface area (Å²) >= 11 is 0. The Labute approximate surface area is 162 Å². The number of piperidine rings is 1. The van der Waals surface area contributed by atoms with Crippen LogP contribution in [-0.4, -0.2) is 55.7 Å².